The van der Waals surface area contributed by atoms with E-state index in [0.717, 1.165) is 16.7 Å². The number of amides is 1. The van der Waals surface area contributed by atoms with Gasteiger partial charge in [-0.2, -0.15) is 0 Å². The quantitative estimate of drug-likeness (QED) is 0.554. The fourth-order valence-corrected chi connectivity index (χ4v) is 4.54. The van der Waals surface area contributed by atoms with Crippen molar-refractivity contribution in [3.8, 4) is 0 Å². The van der Waals surface area contributed by atoms with Crippen molar-refractivity contribution in [1.29, 1.82) is 0 Å². The molecule has 0 saturated carbocycles. The first-order chi connectivity index (χ1) is 12.3. The average molecular weight is 393 g/mol. The van der Waals surface area contributed by atoms with Crippen LogP contribution in [-0.2, 0) is 14.8 Å². The predicted octanol–water partition coefficient (Wildman–Crippen LogP) is 3.06. The van der Waals surface area contributed by atoms with Gasteiger partial charge in [0.2, 0.25) is 15.9 Å². The lowest BCUT2D eigenvalue weighted by Crippen LogP contribution is -2.48. The van der Waals surface area contributed by atoms with Crippen LogP contribution in [0, 0.1) is 6.92 Å². The monoisotopic (exact) mass is 392 g/mol. The Morgan fingerprint density at radius 2 is 1.85 bits per heavy atom. The summed E-state index contributed by atoms with van der Waals surface area (Å²) in [4.78, 5) is 13.6. The standard InChI is InChI=1S/C19H24N2O3S2/c1-15-8-7-9-17(14-15)21(26(3,23)24)16(2)19(22)20-12-13-25-18-10-5-4-6-11-18/h4-11,14,16H,12-13H2,1-3H3,(H,20,22)/t16-/m0/s1. The molecule has 0 aliphatic carbocycles. The molecule has 1 N–H and O–H groups in total. The molecular formula is C19H24N2O3S2. The molecule has 0 fully saturated rings. The van der Waals surface area contributed by atoms with Gasteiger partial charge in [0.25, 0.3) is 0 Å². The summed E-state index contributed by atoms with van der Waals surface area (Å²) in [6.07, 6.45) is 1.12. The molecular weight excluding hydrogens is 368 g/mol. The maximum Gasteiger partial charge on any atom is 0.243 e. The zero-order valence-electron chi connectivity index (χ0n) is 15.2. The normalized spacial score (nSPS) is 12.4. The third kappa shape index (κ3) is 5.78. The number of nitrogens with zero attached hydrogens (tertiary/aromatic N) is 1. The van der Waals surface area contributed by atoms with Crippen molar-refractivity contribution in [3.63, 3.8) is 0 Å². The lowest BCUT2D eigenvalue weighted by Gasteiger charge is -2.28. The minimum absolute atomic E-state index is 0.314. The van der Waals surface area contributed by atoms with Crippen LogP contribution < -0.4 is 9.62 Å². The first kappa shape index (κ1) is 20.3. The van der Waals surface area contributed by atoms with E-state index < -0.39 is 16.1 Å². The fraction of sp³-hybridized carbons (Fsp3) is 0.316. The van der Waals surface area contributed by atoms with Gasteiger partial charge in [-0.15, -0.1) is 11.8 Å². The highest BCUT2D eigenvalue weighted by molar-refractivity contribution is 7.99. The van der Waals surface area contributed by atoms with Crippen LogP contribution in [0.15, 0.2) is 59.5 Å². The third-order valence-electron chi connectivity index (χ3n) is 3.76. The number of hydrogen-bond donors (Lipinski definition) is 1. The zero-order valence-corrected chi connectivity index (χ0v) is 16.8. The van der Waals surface area contributed by atoms with Gasteiger partial charge < -0.3 is 5.32 Å². The Bertz CT molecular complexity index is 839. The molecule has 0 spiro atoms. The van der Waals surface area contributed by atoms with E-state index >= 15 is 0 Å². The molecule has 0 saturated heterocycles. The van der Waals surface area contributed by atoms with Crippen molar-refractivity contribution in [3.05, 3.63) is 60.2 Å². The summed E-state index contributed by atoms with van der Waals surface area (Å²) >= 11 is 1.64. The van der Waals surface area contributed by atoms with E-state index in [1.807, 2.05) is 43.3 Å². The number of carbonyl (C=O) groups excluding carboxylic acids is 1. The predicted molar refractivity (Wildman–Crippen MR) is 108 cm³/mol. The summed E-state index contributed by atoms with van der Waals surface area (Å²) in [5, 5.41) is 2.82. The van der Waals surface area contributed by atoms with Gasteiger partial charge in [0.05, 0.1) is 11.9 Å². The average Bonchev–Trinajstić information content (AvgIpc) is 2.58. The molecule has 2 aromatic rings. The van der Waals surface area contributed by atoms with Crippen LogP contribution in [0.3, 0.4) is 0 Å². The number of carbonyl (C=O) groups is 1. The molecule has 0 aliphatic heterocycles. The highest BCUT2D eigenvalue weighted by Crippen LogP contribution is 2.22. The molecule has 7 heteroatoms. The summed E-state index contributed by atoms with van der Waals surface area (Å²) in [5.41, 5.74) is 1.43. The first-order valence-electron chi connectivity index (χ1n) is 8.30. The minimum atomic E-state index is -3.59. The summed E-state index contributed by atoms with van der Waals surface area (Å²) in [6, 6.07) is 16.2. The Morgan fingerprint density at radius 1 is 1.15 bits per heavy atom. The second kappa shape index (κ2) is 9.09. The van der Waals surface area contributed by atoms with E-state index in [2.05, 4.69) is 5.32 Å². The molecule has 0 heterocycles. The van der Waals surface area contributed by atoms with E-state index in [1.165, 1.54) is 4.31 Å². The van der Waals surface area contributed by atoms with Gasteiger partial charge in [-0.05, 0) is 43.7 Å². The smallest absolute Gasteiger partial charge is 0.243 e. The molecule has 0 unspecified atom stereocenters. The van der Waals surface area contributed by atoms with Gasteiger partial charge >= 0.3 is 0 Å². The van der Waals surface area contributed by atoms with E-state index in [1.54, 1.807) is 36.9 Å². The number of nitrogens with one attached hydrogen (secondary N) is 1. The van der Waals surface area contributed by atoms with Crippen LogP contribution in [0.5, 0.6) is 0 Å². The van der Waals surface area contributed by atoms with Crippen molar-refractivity contribution in [2.45, 2.75) is 24.8 Å². The number of anilines is 1. The van der Waals surface area contributed by atoms with E-state index in [0.29, 0.717) is 18.0 Å². The zero-order chi connectivity index (χ0) is 19.2. The number of sulfonamides is 1. The fourth-order valence-electron chi connectivity index (χ4n) is 2.58. The summed E-state index contributed by atoms with van der Waals surface area (Å²) < 4.78 is 25.7. The van der Waals surface area contributed by atoms with Gasteiger partial charge in [-0.1, -0.05) is 30.3 Å². The van der Waals surface area contributed by atoms with Crippen LogP contribution >= 0.6 is 11.8 Å². The maximum atomic E-state index is 12.5. The highest BCUT2D eigenvalue weighted by Gasteiger charge is 2.28. The number of aryl methyl sites for hydroxylation is 1. The Balaban J connectivity index is 1.99. The SMILES string of the molecule is Cc1cccc(N([C@@H](C)C(=O)NCCSc2ccccc2)S(C)(=O)=O)c1. The van der Waals surface area contributed by atoms with Crippen LogP contribution in [-0.4, -0.2) is 38.9 Å². The van der Waals surface area contributed by atoms with Crippen LogP contribution in [0.25, 0.3) is 0 Å². The molecule has 2 rings (SSSR count). The third-order valence-corrected chi connectivity index (χ3v) is 6.01. The largest absolute Gasteiger partial charge is 0.353 e. The van der Waals surface area contributed by atoms with Gasteiger partial charge in [0.15, 0.2) is 0 Å². The number of hydrogen-bond acceptors (Lipinski definition) is 4. The Hall–Kier alpha value is -1.99. The molecule has 2 aromatic carbocycles. The first-order valence-corrected chi connectivity index (χ1v) is 11.1. The van der Waals surface area contributed by atoms with Crippen LogP contribution in [0.2, 0.25) is 0 Å². The van der Waals surface area contributed by atoms with Crippen molar-refractivity contribution in [2.75, 3.05) is 22.9 Å². The molecule has 1 atom stereocenters. The molecule has 0 bridgehead atoms. The number of rotatable bonds is 8. The minimum Gasteiger partial charge on any atom is -0.353 e. The highest BCUT2D eigenvalue weighted by atomic mass is 32.2. The van der Waals surface area contributed by atoms with Gasteiger partial charge in [-0.3, -0.25) is 9.10 Å². The van der Waals surface area contributed by atoms with Crippen LogP contribution in [0.4, 0.5) is 5.69 Å². The molecule has 0 radical (unpaired) electrons. The van der Waals surface area contributed by atoms with E-state index in [9.17, 15) is 13.2 Å². The summed E-state index contributed by atoms with van der Waals surface area (Å²) in [7, 11) is -3.59. The molecule has 0 aliphatic rings. The Morgan fingerprint density at radius 3 is 2.46 bits per heavy atom. The molecule has 140 valence electrons. The molecule has 1 amide bonds. The molecule has 0 aromatic heterocycles. The Labute approximate surface area is 159 Å². The van der Waals surface area contributed by atoms with Gasteiger partial charge in [0, 0.05) is 17.2 Å². The lowest BCUT2D eigenvalue weighted by molar-refractivity contribution is -0.121. The van der Waals surface area contributed by atoms with Crippen molar-refractivity contribution < 1.29 is 13.2 Å². The van der Waals surface area contributed by atoms with Crippen molar-refractivity contribution in [1.82, 2.24) is 5.32 Å². The molecule has 26 heavy (non-hydrogen) atoms. The van der Waals surface area contributed by atoms with Crippen molar-refractivity contribution in [2.24, 2.45) is 0 Å². The lowest BCUT2D eigenvalue weighted by atomic mass is 10.2. The van der Waals surface area contributed by atoms with E-state index in [4.69, 9.17) is 0 Å². The van der Waals surface area contributed by atoms with Crippen LogP contribution in [0.1, 0.15) is 12.5 Å². The number of thioether (sulfide) groups is 1. The van der Waals surface area contributed by atoms with Crippen molar-refractivity contribution >= 4 is 33.4 Å². The maximum absolute atomic E-state index is 12.5. The number of benzene rings is 2. The second-order valence-electron chi connectivity index (χ2n) is 6.03. The Kier molecular flexibility index (Phi) is 7.11. The summed E-state index contributed by atoms with van der Waals surface area (Å²) in [6.45, 7) is 3.95. The summed E-state index contributed by atoms with van der Waals surface area (Å²) in [5.74, 6) is 0.400. The van der Waals surface area contributed by atoms with Gasteiger partial charge in [-0.25, -0.2) is 8.42 Å². The van der Waals surface area contributed by atoms with Gasteiger partial charge in [0.1, 0.15) is 6.04 Å². The molecule has 5 nitrogen and oxygen atoms in total. The topological polar surface area (TPSA) is 66.5 Å². The second-order valence-corrected chi connectivity index (χ2v) is 9.05. The van der Waals surface area contributed by atoms with E-state index in [-0.39, 0.29) is 5.91 Å².